The van der Waals surface area contributed by atoms with Crippen LogP contribution in [0.5, 0.6) is 0 Å². The van der Waals surface area contributed by atoms with Gasteiger partial charge in [0.15, 0.2) is 0 Å². The molecule has 2 rings (SSSR count). The number of aromatic carboxylic acids is 1. The summed E-state index contributed by atoms with van der Waals surface area (Å²) in [4.78, 5) is 16.7. The molecule has 1 aromatic heterocycles. The molecule has 1 aliphatic heterocycles. The maximum atomic E-state index is 10.6. The van der Waals surface area contributed by atoms with Crippen LogP contribution in [0.4, 0.5) is 5.82 Å². The average molecular weight is 190 g/mol. The number of aromatic nitrogens is 1. The van der Waals surface area contributed by atoms with E-state index in [1.807, 2.05) is 0 Å². The quantitative estimate of drug-likeness (QED) is 0.711. The highest BCUT2D eigenvalue weighted by Crippen LogP contribution is 2.13. The van der Waals surface area contributed by atoms with Crippen molar-refractivity contribution in [3.63, 3.8) is 0 Å². The zero-order valence-electron chi connectivity index (χ0n) is 7.55. The monoisotopic (exact) mass is 190 g/mol. The molecule has 0 saturated carbocycles. The first-order chi connectivity index (χ1) is 6.77. The first-order valence-corrected chi connectivity index (χ1v) is 4.36. The van der Waals surface area contributed by atoms with Crippen molar-refractivity contribution >= 4 is 11.8 Å². The van der Waals surface area contributed by atoms with E-state index in [0.717, 1.165) is 18.9 Å². The van der Waals surface area contributed by atoms with Gasteiger partial charge in [0.2, 0.25) is 0 Å². The molecule has 0 atom stereocenters. The van der Waals surface area contributed by atoms with E-state index < -0.39 is 5.97 Å². The number of hydrogen-bond acceptors (Lipinski definition) is 3. The molecule has 0 unspecified atom stereocenters. The summed E-state index contributed by atoms with van der Waals surface area (Å²) in [6.45, 7) is 1.69. The Morgan fingerprint density at radius 1 is 1.36 bits per heavy atom. The topological polar surface area (TPSA) is 53.4 Å². The van der Waals surface area contributed by atoms with Gasteiger partial charge in [-0.2, -0.15) is 0 Å². The molecule has 0 saturated heterocycles. The lowest BCUT2D eigenvalue weighted by atomic mass is 10.3. The molecule has 1 N–H and O–H groups in total. The number of carbonyl (C=O) groups is 1. The molecule has 0 aliphatic carbocycles. The molecule has 0 aromatic carbocycles. The van der Waals surface area contributed by atoms with Crippen LogP contribution < -0.4 is 4.90 Å². The van der Waals surface area contributed by atoms with Crippen LogP contribution in [0.1, 0.15) is 10.4 Å². The summed E-state index contributed by atoms with van der Waals surface area (Å²) in [6, 6.07) is 3.30. The highest BCUT2D eigenvalue weighted by molar-refractivity contribution is 5.87. The van der Waals surface area contributed by atoms with Crippen LogP contribution >= 0.6 is 0 Å². The molecule has 2 heterocycles. The van der Waals surface area contributed by atoms with Gasteiger partial charge in [-0.15, -0.1) is 0 Å². The molecule has 0 fully saturated rings. The highest BCUT2D eigenvalue weighted by atomic mass is 16.4. The van der Waals surface area contributed by atoms with E-state index >= 15 is 0 Å². The third-order valence-corrected chi connectivity index (χ3v) is 2.14. The van der Waals surface area contributed by atoms with Gasteiger partial charge in [0.25, 0.3) is 0 Å². The lowest BCUT2D eigenvalue weighted by molar-refractivity contribution is 0.0696. The second kappa shape index (κ2) is 3.49. The predicted molar refractivity (Wildman–Crippen MR) is 52.5 cm³/mol. The van der Waals surface area contributed by atoms with Gasteiger partial charge >= 0.3 is 5.97 Å². The van der Waals surface area contributed by atoms with Gasteiger partial charge in [-0.05, 0) is 12.1 Å². The average Bonchev–Trinajstić information content (AvgIpc) is 2.71. The first kappa shape index (κ1) is 8.74. The molecule has 1 aliphatic rings. The molecule has 14 heavy (non-hydrogen) atoms. The zero-order chi connectivity index (χ0) is 9.97. The van der Waals surface area contributed by atoms with Crippen molar-refractivity contribution in [1.82, 2.24) is 4.98 Å². The van der Waals surface area contributed by atoms with Crippen LogP contribution in [0.25, 0.3) is 0 Å². The van der Waals surface area contributed by atoms with E-state index in [-0.39, 0.29) is 5.56 Å². The van der Waals surface area contributed by atoms with Gasteiger partial charge in [0.1, 0.15) is 5.82 Å². The Balaban J connectivity index is 2.17. The molecule has 1 aromatic rings. The van der Waals surface area contributed by atoms with Crippen molar-refractivity contribution in [1.29, 1.82) is 0 Å². The summed E-state index contributed by atoms with van der Waals surface area (Å²) >= 11 is 0. The second-order valence-electron chi connectivity index (χ2n) is 3.09. The minimum absolute atomic E-state index is 0.223. The fourth-order valence-corrected chi connectivity index (χ4v) is 1.36. The van der Waals surface area contributed by atoms with E-state index in [2.05, 4.69) is 22.0 Å². The predicted octanol–water partition coefficient (Wildman–Crippen LogP) is 1.16. The fourth-order valence-electron chi connectivity index (χ4n) is 1.36. The molecule has 4 heteroatoms. The molecule has 4 nitrogen and oxygen atoms in total. The van der Waals surface area contributed by atoms with Gasteiger partial charge < -0.3 is 10.0 Å². The van der Waals surface area contributed by atoms with Gasteiger partial charge in [-0.1, -0.05) is 12.2 Å². The highest BCUT2D eigenvalue weighted by Gasteiger charge is 2.09. The van der Waals surface area contributed by atoms with Crippen LogP contribution in [0, 0.1) is 0 Å². The van der Waals surface area contributed by atoms with E-state index in [1.54, 1.807) is 12.1 Å². The largest absolute Gasteiger partial charge is 0.478 e. The zero-order valence-corrected chi connectivity index (χ0v) is 7.55. The number of rotatable bonds is 2. The van der Waals surface area contributed by atoms with Crippen LogP contribution in [0.15, 0.2) is 30.5 Å². The number of hydrogen-bond donors (Lipinski definition) is 1. The number of anilines is 1. The minimum atomic E-state index is -0.941. The van der Waals surface area contributed by atoms with Gasteiger partial charge in [0, 0.05) is 19.3 Å². The molecule has 0 bridgehead atoms. The number of carboxylic acid groups (broad SMARTS) is 1. The van der Waals surface area contributed by atoms with E-state index in [0.29, 0.717) is 0 Å². The normalized spacial score (nSPS) is 14.7. The van der Waals surface area contributed by atoms with Crippen molar-refractivity contribution < 1.29 is 9.90 Å². The summed E-state index contributed by atoms with van der Waals surface area (Å²) in [5, 5.41) is 8.68. The summed E-state index contributed by atoms with van der Waals surface area (Å²) in [7, 11) is 0. The Hall–Kier alpha value is -1.84. The molecular weight excluding hydrogens is 180 g/mol. The van der Waals surface area contributed by atoms with Crippen LogP contribution in [-0.4, -0.2) is 29.1 Å². The van der Waals surface area contributed by atoms with Crippen molar-refractivity contribution in [2.75, 3.05) is 18.0 Å². The number of pyridine rings is 1. The lowest BCUT2D eigenvalue weighted by Gasteiger charge is -2.15. The van der Waals surface area contributed by atoms with Gasteiger partial charge in [0.05, 0.1) is 5.56 Å². The maximum Gasteiger partial charge on any atom is 0.337 e. The van der Waals surface area contributed by atoms with Crippen molar-refractivity contribution in [3.05, 3.63) is 36.0 Å². The Kier molecular flexibility index (Phi) is 2.18. The summed E-state index contributed by atoms with van der Waals surface area (Å²) in [6.07, 6.45) is 5.51. The Bertz CT molecular complexity index is 362. The van der Waals surface area contributed by atoms with Crippen molar-refractivity contribution in [3.8, 4) is 0 Å². The Morgan fingerprint density at radius 3 is 2.57 bits per heavy atom. The van der Waals surface area contributed by atoms with Crippen molar-refractivity contribution in [2.45, 2.75) is 0 Å². The van der Waals surface area contributed by atoms with E-state index in [4.69, 9.17) is 5.11 Å². The molecular formula is C10H10N2O2. The van der Waals surface area contributed by atoms with Gasteiger partial charge in [-0.25, -0.2) is 9.78 Å². The smallest absolute Gasteiger partial charge is 0.337 e. The van der Waals surface area contributed by atoms with Crippen molar-refractivity contribution in [2.24, 2.45) is 0 Å². The second-order valence-corrected chi connectivity index (χ2v) is 3.09. The standard InChI is InChI=1S/C10H10N2O2/c13-10(14)8-3-4-9(11-7-8)12-5-1-2-6-12/h1-4,7H,5-6H2,(H,13,14). The summed E-state index contributed by atoms with van der Waals surface area (Å²) in [5.41, 5.74) is 0.223. The maximum absolute atomic E-state index is 10.6. The van der Waals surface area contributed by atoms with E-state index in [9.17, 15) is 4.79 Å². The first-order valence-electron chi connectivity index (χ1n) is 4.36. The van der Waals surface area contributed by atoms with Crippen LogP contribution in [0.2, 0.25) is 0 Å². The summed E-state index contributed by atoms with van der Waals surface area (Å²) in [5.74, 6) is -0.122. The number of carboxylic acids is 1. The third kappa shape index (κ3) is 1.59. The number of nitrogens with zero attached hydrogens (tertiary/aromatic N) is 2. The lowest BCUT2D eigenvalue weighted by Crippen LogP contribution is -2.19. The van der Waals surface area contributed by atoms with Gasteiger partial charge in [-0.3, -0.25) is 0 Å². The Morgan fingerprint density at radius 2 is 2.07 bits per heavy atom. The molecule has 72 valence electrons. The van der Waals surface area contributed by atoms with E-state index in [1.165, 1.54) is 6.20 Å². The molecule has 0 spiro atoms. The SMILES string of the molecule is O=C(O)c1ccc(N2CC=CC2)nc1. The fraction of sp³-hybridized carbons (Fsp3) is 0.200. The van der Waals surface area contributed by atoms with Crippen LogP contribution in [-0.2, 0) is 0 Å². The molecule has 0 amide bonds. The Labute approximate surface area is 81.5 Å². The third-order valence-electron chi connectivity index (χ3n) is 2.14. The minimum Gasteiger partial charge on any atom is -0.478 e. The summed E-state index contributed by atoms with van der Waals surface area (Å²) < 4.78 is 0. The van der Waals surface area contributed by atoms with Crippen LogP contribution in [0.3, 0.4) is 0 Å². The molecule has 0 radical (unpaired) electrons.